The van der Waals surface area contributed by atoms with Gasteiger partial charge in [0, 0.05) is 18.3 Å². The molecule has 0 saturated heterocycles. The first-order chi connectivity index (χ1) is 8.56. The van der Waals surface area contributed by atoms with E-state index < -0.39 is 0 Å². The van der Waals surface area contributed by atoms with Crippen LogP contribution < -0.4 is 5.32 Å². The van der Waals surface area contributed by atoms with Crippen molar-refractivity contribution >= 4 is 0 Å². The van der Waals surface area contributed by atoms with Crippen LogP contribution in [0.5, 0.6) is 0 Å². The Morgan fingerprint density at radius 3 is 2.33 bits per heavy atom. The number of nitrogens with one attached hydrogen (secondary N) is 1. The zero-order valence-corrected chi connectivity index (χ0v) is 11.8. The summed E-state index contributed by atoms with van der Waals surface area (Å²) in [6.07, 6.45) is 0. The summed E-state index contributed by atoms with van der Waals surface area (Å²) in [5.41, 5.74) is 6.22. The van der Waals surface area contributed by atoms with E-state index in [0.29, 0.717) is 0 Å². The lowest BCUT2D eigenvalue weighted by Crippen LogP contribution is -2.20. The van der Waals surface area contributed by atoms with Gasteiger partial charge in [-0.15, -0.1) is 0 Å². The standard InChI is InChI=1S/C15H21N3/c1-10-8-6-7-9-13(10)15(16-4)14-11(2)17-18(5)12(14)3/h6-9,15-16H,1-5H3. The minimum absolute atomic E-state index is 0.208. The molecular weight excluding hydrogens is 222 g/mol. The number of rotatable bonds is 3. The van der Waals surface area contributed by atoms with Gasteiger partial charge in [-0.25, -0.2) is 0 Å². The average molecular weight is 243 g/mol. The van der Waals surface area contributed by atoms with Crippen LogP contribution in [0.2, 0.25) is 0 Å². The predicted octanol–water partition coefficient (Wildman–Crippen LogP) is 2.65. The molecule has 0 aliphatic carbocycles. The number of nitrogens with zero attached hydrogens (tertiary/aromatic N) is 2. The van der Waals surface area contributed by atoms with E-state index in [-0.39, 0.29) is 6.04 Å². The number of aromatic nitrogens is 2. The lowest BCUT2D eigenvalue weighted by atomic mass is 9.94. The molecule has 3 nitrogen and oxygen atoms in total. The first-order valence-electron chi connectivity index (χ1n) is 6.29. The monoisotopic (exact) mass is 243 g/mol. The van der Waals surface area contributed by atoms with E-state index in [0.717, 1.165) is 5.69 Å². The third kappa shape index (κ3) is 2.06. The third-order valence-corrected chi connectivity index (χ3v) is 3.64. The molecule has 1 atom stereocenters. The molecule has 18 heavy (non-hydrogen) atoms. The zero-order valence-electron chi connectivity index (χ0n) is 11.8. The van der Waals surface area contributed by atoms with E-state index in [9.17, 15) is 0 Å². The van der Waals surface area contributed by atoms with Crippen LogP contribution in [0.3, 0.4) is 0 Å². The molecule has 0 fully saturated rings. The van der Waals surface area contributed by atoms with E-state index in [1.54, 1.807) is 0 Å². The molecule has 1 aromatic carbocycles. The van der Waals surface area contributed by atoms with E-state index in [1.807, 2.05) is 18.8 Å². The van der Waals surface area contributed by atoms with Crippen LogP contribution in [0.15, 0.2) is 24.3 Å². The Kier molecular flexibility index (Phi) is 3.53. The first kappa shape index (κ1) is 12.8. The van der Waals surface area contributed by atoms with Crippen molar-refractivity contribution in [2.45, 2.75) is 26.8 Å². The van der Waals surface area contributed by atoms with Gasteiger partial charge >= 0.3 is 0 Å². The van der Waals surface area contributed by atoms with Crippen molar-refractivity contribution in [1.29, 1.82) is 0 Å². The summed E-state index contributed by atoms with van der Waals surface area (Å²) in [7, 11) is 4.00. The number of hydrogen-bond acceptors (Lipinski definition) is 2. The average Bonchev–Trinajstić information content (AvgIpc) is 2.59. The van der Waals surface area contributed by atoms with E-state index >= 15 is 0 Å². The minimum Gasteiger partial charge on any atom is -0.309 e. The van der Waals surface area contributed by atoms with Crippen molar-refractivity contribution in [3.05, 3.63) is 52.3 Å². The van der Waals surface area contributed by atoms with Crippen LogP contribution in [-0.2, 0) is 7.05 Å². The molecular formula is C15H21N3. The fourth-order valence-electron chi connectivity index (χ4n) is 2.57. The van der Waals surface area contributed by atoms with E-state index in [4.69, 9.17) is 0 Å². The second kappa shape index (κ2) is 4.94. The Hall–Kier alpha value is -1.61. The largest absolute Gasteiger partial charge is 0.309 e. The number of benzene rings is 1. The smallest absolute Gasteiger partial charge is 0.0647 e. The van der Waals surface area contributed by atoms with E-state index in [2.05, 4.69) is 55.5 Å². The van der Waals surface area contributed by atoms with Gasteiger partial charge < -0.3 is 5.32 Å². The highest BCUT2D eigenvalue weighted by molar-refractivity contribution is 5.40. The third-order valence-electron chi connectivity index (χ3n) is 3.64. The lowest BCUT2D eigenvalue weighted by Gasteiger charge is -2.19. The summed E-state index contributed by atoms with van der Waals surface area (Å²) in [4.78, 5) is 0. The van der Waals surface area contributed by atoms with Gasteiger partial charge in [0.1, 0.15) is 0 Å². The zero-order chi connectivity index (χ0) is 13.3. The number of hydrogen-bond donors (Lipinski definition) is 1. The summed E-state index contributed by atoms with van der Waals surface area (Å²) in [6, 6.07) is 8.71. The minimum atomic E-state index is 0.208. The molecule has 2 rings (SSSR count). The van der Waals surface area contributed by atoms with Crippen LogP contribution >= 0.6 is 0 Å². The van der Waals surface area contributed by atoms with E-state index in [1.165, 1.54) is 22.4 Å². The molecule has 0 aliphatic heterocycles. The van der Waals surface area contributed by atoms with Crippen LogP contribution in [0, 0.1) is 20.8 Å². The maximum absolute atomic E-state index is 4.51. The van der Waals surface area contributed by atoms with Gasteiger partial charge in [-0.2, -0.15) is 5.10 Å². The Balaban J connectivity index is 2.56. The van der Waals surface area contributed by atoms with Gasteiger partial charge in [-0.05, 0) is 38.9 Å². The molecule has 1 N–H and O–H groups in total. The maximum Gasteiger partial charge on any atom is 0.0647 e. The van der Waals surface area contributed by atoms with Crippen molar-refractivity contribution in [3.63, 3.8) is 0 Å². The van der Waals surface area contributed by atoms with Crippen molar-refractivity contribution in [2.24, 2.45) is 7.05 Å². The lowest BCUT2D eigenvalue weighted by molar-refractivity contribution is 0.674. The molecule has 1 heterocycles. The molecule has 96 valence electrons. The first-order valence-corrected chi connectivity index (χ1v) is 6.29. The molecule has 1 unspecified atom stereocenters. The van der Waals surface area contributed by atoms with Crippen LogP contribution in [0.1, 0.15) is 34.1 Å². The fourth-order valence-corrected chi connectivity index (χ4v) is 2.57. The van der Waals surface area contributed by atoms with Gasteiger partial charge in [-0.3, -0.25) is 4.68 Å². The molecule has 0 aliphatic rings. The highest BCUT2D eigenvalue weighted by atomic mass is 15.3. The number of aryl methyl sites for hydroxylation is 3. The highest BCUT2D eigenvalue weighted by Crippen LogP contribution is 2.28. The summed E-state index contributed by atoms with van der Waals surface area (Å²) in [5, 5.41) is 7.93. The Bertz CT molecular complexity index is 555. The Morgan fingerprint density at radius 1 is 1.17 bits per heavy atom. The van der Waals surface area contributed by atoms with Crippen molar-refractivity contribution in [2.75, 3.05) is 7.05 Å². The molecule has 0 saturated carbocycles. The molecule has 0 bridgehead atoms. The fraction of sp³-hybridized carbons (Fsp3) is 0.400. The van der Waals surface area contributed by atoms with Gasteiger partial charge in [0.05, 0.1) is 11.7 Å². The second-order valence-corrected chi connectivity index (χ2v) is 4.79. The molecule has 0 radical (unpaired) electrons. The van der Waals surface area contributed by atoms with Crippen LogP contribution in [0.4, 0.5) is 0 Å². The molecule has 1 aromatic heterocycles. The highest BCUT2D eigenvalue weighted by Gasteiger charge is 2.21. The molecule has 2 aromatic rings. The summed E-state index contributed by atoms with van der Waals surface area (Å²) in [5.74, 6) is 0. The normalized spacial score (nSPS) is 12.7. The molecule has 0 amide bonds. The Morgan fingerprint density at radius 2 is 1.83 bits per heavy atom. The summed E-state index contributed by atoms with van der Waals surface area (Å²) >= 11 is 0. The topological polar surface area (TPSA) is 29.9 Å². The molecule has 3 heteroatoms. The molecule has 0 spiro atoms. The van der Waals surface area contributed by atoms with Crippen LogP contribution in [-0.4, -0.2) is 16.8 Å². The second-order valence-electron chi connectivity index (χ2n) is 4.79. The van der Waals surface area contributed by atoms with Gasteiger partial charge in [0.25, 0.3) is 0 Å². The SMILES string of the molecule is CNC(c1ccccc1C)c1c(C)nn(C)c1C. The van der Waals surface area contributed by atoms with Crippen LogP contribution in [0.25, 0.3) is 0 Å². The van der Waals surface area contributed by atoms with Crippen molar-refractivity contribution in [3.8, 4) is 0 Å². The summed E-state index contributed by atoms with van der Waals surface area (Å²) in [6.45, 7) is 6.35. The van der Waals surface area contributed by atoms with Gasteiger partial charge in [0.15, 0.2) is 0 Å². The van der Waals surface area contributed by atoms with Gasteiger partial charge in [0.2, 0.25) is 0 Å². The van der Waals surface area contributed by atoms with Crippen molar-refractivity contribution in [1.82, 2.24) is 15.1 Å². The Labute approximate surface area is 109 Å². The quantitative estimate of drug-likeness (QED) is 0.898. The van der Waals surface area contributed by atoms with Gasteiger partial charge in [-0.1, -0.05) is 24.3 Å². The maximum atomic E-state index is 4.51. The van der Waals surface area contributed by atoms with Crippen molar-refractivity contribution < 1.29 is 0 Å². The summed E-state index contributed by atoms with van der Waals surface area (Å²) < 4.78 is 1.95. The predicted molar refractivity (Wildman–Crippen MR) is 74.8 cm³/mol.